The molecule has 0 atom stereocenters. The molecule has 12 heteroatoms. The van der Waals surface area contributed by atoms with Crippen LogP contribution in [0.25, 0.3) is 141 Å². The normalized spacial score (nSPS) is 11.3. The highest BCUT2D eigenvalue weighted by Crippen LogP contribution is 2.46. The Morgan fingerprint density at radius 2 is 0.405 bits per heavy atom. The molecule has 15 aromatic carbocycles. The second-order valence-electron chi connectivity index (χ2n) is 41.5. The van der Waals surface area contributed by atoms with Crippen molar-refractivity contribution in [3.8, 4) is 141 Å². The second kappa shape index (κ2) is 46.7. The van der Waals surface area contributed by atoms with Crippen LogP contribution in [-0.2, 0) is 35.2 Å². The molecule has 0 amide bonds. The molecule has 0 N–H and O–H groups in total. The van der Waals surface area contributed by atoms with E-state index in [2.05, 4.69) is 550 Å². The maximum atomic E-state index is 14.0. The lowest BCUT2D eigenvalue weighted by Gasteiger charge is -2.20. The summed E-state index contributed by atoms with van der Waals surface area (Å²) < 4.78 is 50.2. The third-order valence-electron chi connectivity index (χ3n) is 28.6. The fraction of sp³-hybridized carbons (Fsp3) is 0.228. The van der Waals surface area contributed by atoms with E-state index in [9.17, 15) is 8.78 Å². The van der Waals surface area contributed by atoms with Crippen molar-refractivity contribution in [3.63, 3.8) is 0 Å². The zero-order chi connectivity index (χ0) is 105. The van der Waals surface area contributed by atoms with E-state index < -0.39 is 0 Å². The number of aryl methyl sites for hydroxylation is 10. The van der Waals surface area contributed by atoms with Gasteiger partial charge in [0.15, 0.2) is 0 Å². The molecule has 748 valence electrons. The van der Waals surface area contributed by atoms with Crippen LogP contribution < -0.4 is 22.8 Å². The predicted molar refractivity (Wildman–Crippen MR) is 611 cm³/mol. The molecule has 0 saturated carbocycles. The molecule has 0 aliphatic rings. The lowest BCUT2D eigenvalue weighted by atomic mass is 9.88. The van der Waals surface area contributed by atoms with Crippen molar-refractivity contribution in [2.75, 3.05) is 0 Å². The van der Waals surface area contributed by atoms with Crippen LogP contribution in [0.2, 0.25) is 0 Å². The lowest BCUT2D eigenvalue weighted by molar-refractivity contribution is -0.659. The van der Waals surface area contributed by atoms with Crippen LogP contribution in [0.3, 0.4) is 0 Å². The van der Waals surface area contributed by atoms with Crippen LogP contribution in [0.15, 0.2) is 402 Å². The van der Waals surface area contributed by atoms with Crippen LogP contribution in [0.5, 0.6) is 0 Å². The van der Waals surface area contributed by atoms with Crippen molar-refractivity contribution < 1.29 is 31.6 Å². The molecule has 5 heterocycles. The van der Waals surface area contributed by atoms with Crippen molar-refractivity contribution in [3.05, 3.63) is 480 Å². The molecule has 0 unspecified atom stereocenters. The molecule has 0 fully saturated rings. The molecule has 0 aliphatic carbocycles. The van der Waals surface area contributed by atoms with Gasteiger partial charge in [0.2, 0.25) is 0 Å². The van der Waals surface area contributed by atoms with Crippen molar-refractivity contribution >= 4 is 0 Å². The van der Waals surface area contributed by atoms with E-state index in [1.807, 2.05) is 40.1 Å². The van der Waals surface area contributed by atoms with Crippen LogP contribution in [-0.4, -0.2) is 22.8 Å². The van der Waals surface area contributed by atoms with Gasteiger partial charge in [0.05, 0.1) is 63.1 Å². The zero-order valence-electron chi connectivity index (χ0n) is 90.9. The Balaban J connectivity index is 0.000000133. The Morgan fingerprint density at radius 1 is 0.182 bits per heavy atom. The Labute approximate surface area is 877 Å². The van der Waals surface area contributed by atoms with E-state index in [4.69, 9.17) is 0 Å². The van der Waals surface area contributed by atoms with Gasteiger partial charge < -0.3 is 0 Å². The van der Waals surface area contributed by atoms with Crippen molar-refractivity contribution in [1.29, 1.82) is 0 Å². The fourth-order valence-electron chi connectivity index (χ4n) is 20.8. The smallest absolute Gasteiger partial charge is 0.232 e. The molecule has 0 bridgehead atoms. The number of benzene rings is 15. The first-order chi connectivity index (χ1) is 71.3. The first-order valence-electron chi connectivity index (χ1n) is 52.4. The van der Waals surface area contributed by atoms with E-state index >= 15 is 0 Å². The van der Waals surface area contributed by atoms with E-state index in [0.717, 1.165) is 39.6 Å². The highest BCUT2D eigenvalue weighted by Gasteiger charge is 2.35. The minimum Gasteiger partial charge on any atom is -0.232 e. The van der Waals surface area contributed by atoms with E-state index in [-0.39, 0.29) is 11.6 Å². The number of nitrogens with zero attached hydrogens (tertiary/aromatic N) is 10. The van der Waals surface area contributed by atoms with Crippen LogP contribution in [0.4, 0.5) is 8.78 Å². The summed E-state index contributed by atoms with van der Waals surface area (Å²) in [6.07, 6.45) is 21.4. The molecule has 20 aromatic rings. The van der Waals surface area contributed by atoms with Gasteiger partial charge in [-0.3, -0.25) is 0 Å². The van der Waals surface area contributed by atoms with Crippen molar-refractivity contribution in [2.45, 2.75) is 173 Å². The van der Waals surface area contributed by atoms with Gasteiger partial charge in [-0.25, -0.2) is 31.6 Å². The van der Waals surface area contributed by atoms with Gasteiger partial charge in [-0.2, -0.15) is 22.8 Å². The predicted octanol–water partition coefficient (Wildman–Crippen LogP) is 32.9. The van der Waals surface area contributed by atoms with Crippen molar-refractivity contribution in [1.82, 2.24) is 22.8 Å². The summed E-state index contributed by atoms with van der Waals surface area (Å²) in [4.78, 5) is 0. The van der Waals surface area contributed by atoms with Gasteiger partial charge >= 0.3 is 0 Å². The van der Waals surface area contributed by atoms with Gasteiger partial charge in [-0.15, -0.1) is 0 Å². The van der Waals surface area contributed by atoms with E-state index in [0.29, 0.717) is 41.4 Å². The average Bonchev–Trinajstić information content (AvgIpc) is 1.52. The summed E-state index contributed by atoms with van der Waals surface area (Å²) >= 11 is 0. The third kappa shape index (κ3) is 22.6. The Kier molecular flexibility index (Phi) is 33.2. The zero-order valence-corrected chi connectivity index (χ0v) is 90.9. The minimum atomic E-state index is -0.219. The summed E-state index contributed by atoms with van der Waals surface area (Å²) in [6, 6.07) is 118. The number of hydrogen-bond acceptors (Lipinski definition) is 0. The molecule has 10 nitrogen and oxygen atoms in total. The molecular formula is C136H145F2N10+5. The molecule has 5 aromatic heterocycles. The second-order valence-corrected chi connectivity index (χ2v) is 41.5. The van der Waals surface area contributed by atoms with Crippen LogP contribution >= 0.6 is 0 Å². The molecular weight excluding hydrogens is 1810 g/mol. The first-order valence-corrected chi connectivity index (χ1v) is 52.4. The highest BCUT2D eigenvalue weighted by molar-refractivity contribution is 5.89. The van der Waals surface area contributed by atoms with Crippen LogP contribution in [0, 0.1) is 46.3 Å². The summed E-state index contributed by atoms with van der Waals surface area (Å²) in [6.45, 7) is 42.2. The summed E-state index contributed by atoms with van der Waals surface area (Å²) in [7, 11) is 10.5. The first kappa shape index (κ1) is 105. The van der Waals surface area contributed by atoms with E-state index in [1.165, 1.54) is 180 Å². The Bertz CT molecular complexity index is 7800. The number of para-hydroxylation sites is 3. The maximum Gasteiger partial charge on any atom is 0.294 e. The monoisotopic (exact) mass is 1960 g/mol. The third-order valence-corrected chi connectivity index (χ3v) is 28.6. The van der Waals surface area contributed by atoms with Gasteiger partial charge in [0.25, 0.3) is 29.1 Å². The highest BCUT2D eigenvalue weighted by atomic mass is 19.1. The van der Waals surface area contributed by atoms with Gasteiger partial charge in [-0.05, 0) is 222 Å². The topological polar surface area (TPSA) is 44.0 Å². The Hall–Kier alpha value is -15.8. The van der Waals surface area contributed by atoms with Gasteiger partial charge in [0, 0.05) is 55.6 Å². The Morgan fingerprint density at radius 3 is 0.669 bits per heavy atom. The number of rotatable bonds is 22. The fourth-order valence-corrected chi connectivity index (χ4v) is 20.8. The van der Waals surface area contributed by atoms with Gasteiger partial charge in [-0.1, -0.05) is 358 Å². The molecule has 20 rings (SSSR count). The largest absolute Gasteiger partial charge is 0.294 e. The van der Waals surface area contributed by atoms with Crippen molar-refractivity contribution in [2.24, 2.45) is 35.2 Å². The summed E-state index contributed by atoms with van der Waals surface area (Å²) in [5.74, 6) is 8.26. The summed E-state index contributed by atoms with van der Waals surface area (Å²) in [5.41, 5.74) is 39.4. The number of imidazole rings is 5. The average molecular weight is 1960 g/mol. The van der Waals surface area contributed by atoms with E-state index in [1.54, 1.807) is 12.1 Å². The molecule has 148 heavy (non-hydrogen) atoms. The number of aromatic nitrogens is 10. The maximum absolute atomic E-state index is 14.0. The molecule has 0 spiro atoms. The molecule has 0 radical (unpaired) electrons. The molecule has 0 aliphatic heterocycles. The molecule has 0 saturated heterocycles. The number of hydrogen-bond donors (Lipinski definition) is 0. The summed E-state index contributed by atoms with van der Waals surface area (Å²) in [5, 5.41) is 0. The standard InChI is InChI=1S/C32H30FN2.C29H25N2.C29H33N2.C23H28FN2.C23H29N2/c1-22(2)26-20-29(24-11-7-5-8-12-24)31(30(21-26)25-13-9-6-10-14-25)35-18-17-34(4)32(35)28-16-15-27(33)19-23(28)3;1-22-12-9-10-17-25(22)29-30(2)20-21-31(29)28-26(23-13-5-3-6-14-23)18-11-19-27(28)24-15-7-4-8-16-24;1-20(2)26-18-24(23-13-8-7-9-14-23)19-27(21(3)4)28(26)31-17-16-30(6)29(31)25-15-11-10-12-22(25)5;1-15(2)19-8-7-9-20(16(3)4)22(19)26-13-12-25(6)23(26)21-11-10-18(24)14-17(21)5;1-16(2)19-12-9-13-20(17(3)4)22(19)25-15-14-24(6)23(25)21-11-8-7-10-18(21)5/h5-22H,1-4H3;3-21H,1-2H3;7-21H,1-6H3;7-16H,1-6H3;7-17H,1-6H3/q5*+1. The SMILES string of the molecule is Cc1cc(F)ccc1-c1n(-c2c(-c3ccccc3)cc(C(C)C)cc2-c2ccccc2)cc[n+]1C.Cc1cc(F)ccc1-c1n(-c2c(C(C)C)cccc2C(C)C)cc[n+]1C.Cc1ccccc1-c1n(-c2c(-c3ccccc3)cccc2-c2ccccc2)cc[n+]1C.Cc1ccccc1-c1n(-c2c(C(C)C)cc(-c3ccccc3)cc2C(C)C)cc[n+]1C.Cc1ccccc1-c1n(-c2c(C(C)C)cccc2C(C)C)cc[n+]1C. The minimum absolute atomic E-state index is 0.197. The number of halogens is 2. The van der Waals surface area contributed by atoms with Crippen LogP contribution in [0.1, 0.15) is 205 Å². The quantitative estimate of drug-likeness (QED) is 0.0607. The lowest BCUT2D eigenvalue weighted by Crippen LogP contribution is -2.29. The van der Waals surface area contributed by atoms with Gasteiger partial charge in [0.1, 0.15) is 102 Å².